The van der Waals surface area contributed by atoms with Crippen molar-refractivity contribution in [2.24, 2.45) is 5.41 Å². The summed E-state index contributed by atoms with van der Waals surface area (Å²) in [7, 11) is 0. The normalized spacial score (nSPS) is 34.7. The molecule has 5 heteroatoms. The molecule has 2 N–H and O–H groups in total. The Morgan fingerprint density at radius 3 is 2.62 bits per heavy atom. The molecule has 2 saturated heterocycles. The van der Waals surface area contributed by atoms with Crippen LogP contribution in [0.15, 0.2) is 24.3 Å². The number of rotatable bonds is 2. The van der Waals surface area contributed by atoms with Crippen molar-refractivity contribution in [3.63, 3.8) is 0 Å². The topological polar surface area (TPSA) is 55.8 Å². The lowest BCUT2D eigenvalue weighted by Crippen LogP contribution is -2.60. The van der Waals surface area contributed by atoms with E-state index in [1.165, 1.54) is 18.5 Å². The lowest BCUT2D eigenvalue weighted by Gasteiger charge is -2.50. The Bertz CT molecular complexity index is 718. The SMILES string of the molecule is CC(O)N1CC2(CCN(C3CCC4(CC3)C(=O)Nc3ccccc34)C2)C1. The molecule has 0 radical (unpaired) electrons. The molecule has 1 unspecified atom stereocenters. The molecule has 140 valence electrons. The van der Waals surface area contributed by atoms with Gasteiger partial charge >= 0.3 is 0 Å². The van der Waals surface area contributed by atoms with Gasteiger partial charge in [-0.15, -0.1) is 0 Å². The van der Waals surface area contributed by atoms with E-state index in [1.54, 1.807) is 0 Å². The zero-order valence-electron chi connectivity index (χ0n) is 15.6. The van der Waals surface area contributed by atoms with Crippen LogP contribution < -0.4 is 5.32 Å². The third kappa shape index (κ3) is 2.37. The minimum Gasteiger partial charge on any atom is -0.379 e. The highest BCUT2D eigenvalue weighted by atomic mass is 16.3. The van der Waals surface area contributed by atoms with Gasteiger partial charge in [-0.3, -0.25) is 14.6 Å². The number of nitrogens with zero attached hydrogens (tertiary/aromatic N) is 2. The molecule has 0 bridgehead atoms. The quantitative estimate of drug-likeness (QED) is 0.854. The Labute approximate surface area is 155 Å². The summed E-state index contributed by atoms with van der Waals surface area (Å²) in [6.45, 7) is 6.27. The molecule has 5 nitrogen and oxygen atoms in total. The van der Waals surface area contributed by atoms with Crippen molar-refractivity contribution in [1.29, 1.82) is 0 Å². The van der Waals surface area contributed by atoms with Crippen molar-refractivity contribution in [3.05, 3.63) is 29.8 Å². The fraction of sp³-hybridized carbons (Fsp3) is 0.667. The number of aliphatic hydroxyl groups excluding tert-OH is 1. The first kappa shape index (κ1) is 16.7. The smallest absolute Gasteiger partial charge is 0.235 e. The summed E-state index contributed by atoms with van der Waals surface area (Å²) >= 11 is 0. The summed E-state index contributed by atoms with van der Waals surface area (Å²) in [6.07, 6.45) is 5.08. The number of amides is 1. The number of para-hydroxylation sites is 1. The number of hydrogen-bond donors (Lipinski definition) is 2. The molecule has 26 heavy (non-hydrogen) atoms. The van der Waals surface area contributed by atoms with E-state index < -0.39 is 0 Å². The first-order valence-electron chi connectivity index (χ1n) is 10.1. The third-order valence-corrected chi connectivity index (χ3v) is 7.52. The molecule has 1 amide bonds. The number of carbonyl (C=O) groups is 1. The largest absolute Gasteiger partial charge is 0.379 e. The van der Waals surface area contributed by atoms with Gasteiger partial charge < -0.3 is 10.4 Å². The van der Waals surface area contributed by atoms with Crippen LogP contribution in [0.3, 0.4) is 0 Å². The van der Waals surface area contributed by atoms with Gasteiger partial charge in [-0.2, -0.15) is 0 Å². The van der Waals surface area contributed by atoms with E-state index in [-0.39, 0.29) is 17.6 Å². The monoisotopic (exact) mass is 355 g/mol. The Hall–Kier alpha value is -1.43. The van der Waals surface area contributed by atoms with Gasteiger partial charge in [0.2, 0.25) is 5.91 Å². The van der Waals surface area contributed by atoms with Crippen molar-refractivity contribution in [3.8, 4) is 0 Å². The molecule has 5 rings (SSSR count). The molecular weight excluding hydrogens is 326 g/mol. The Morgan fingerprint density at radius 1 is 1.15 bits per heavy atom. The van der Waals surface area contributed by atoms with Crippen LogP contribution in [0.2, 0.25) is 0 Å². The van der Waals surface area contributed by atoms with Crippen molar-refractivity contribution in [2.45, 2.75) is 56.7 Å². The molecular formula is C21H29N3O2. The molecule has 4 aliphatic rings. The number of nitrogens with one attached hydrogen (secondary N) is 1. The van der Waals surface area contributed by atoms with E-state index in [9.17, 15) is 9.90 Å². The van der Waals surface area contributed by atoms with E-state index in [4.69, 9.17) is 0 Å². The van der Waals surface area contributed by atoms with Crippen molar-refractivity contribution in [2.75, 3.05) is 31.5 Å². The summed E-state index contributed by atoms with van der Waals surface area (Å²) in [6, 6.07) is 8.84. The van der Waals surface area contributed by atoms with Gasteiger partial charge in [0.25, 0.3) is 0 Å². The predicted octanol–water partition coefficient (Wildman–Crippen LogP) is 2.17. The third-order valence-electron chi connectivity index (χ3n) is 7.52. The van der Waals surface area contributed by atoms with E-state index in [0.717, 1.165) is 51.0 Å². The van der Waals surface area contributed by atoms with Crippen LogP contribution >= 0.6 is 0 Å². The maximum atomic E-state index is 12.7. The Morgan fingerprint density at radius 2 is 1.88 bits per heavy atom. The maximum absolute atomic E-state index is 12.7. The number of likely N-dealkylation sites (tertiary alicyclic amines) is 2. The highest BCUT2D eigenvalue weighted by Gasteiger charge is 2.52. The molecule has 1 saturated carbocycles. The average Bonchev–Trinajstić information content (AvgIpc) is 3.16. The van der Waals surface area contributed by atoms with Gasteiger partial charge in [-0.25, -0.2) is 0 Å². The zero-order chi connectivity index (χ0) is 17.9. The molecule has 0 aromatic heterocycles. The number of aliphatic hydroxyl groups is 1. The maximum Gasteiger partial charge on any atom is 0.235 e. The highest BCUT2D eigenvalue weighted by molar-refractivity contribution is 6.06. The molecule has 3 heterocycles. The molecule has 1 atom stereocenters. The Kier molecular flexibility index (Phi) is 3.72. The van der Waals surface area contributed by atoms with Crippen molar-refractivity contribution in [1.82, 2.24) is 9.80 Å². The summed E-state index contributed by atoms with van der Waals surface area (Å²) in [4.78, 5) is 17.6. The van der Waals surface area contributed by atoms with Gasteiger partial charge in [0.05, 0.1) is 5.41 Å². The minimum atomic E-state index is -0.315. The van der Waals surface area contributed by atoms with E-state index >= 15 is 0 Å². The second kappa shape index (κ2) is 5.78. The van der Waals surface area contributed by atoms with E-state index in [0.29, 0.717) is 11.5 Å². The van der Waals surface area contributed by atoms with Gasteiger partial charge in [0.15, 0.2) is 0 Å². The van der Waals surface area contributed by atoms with Crippen LogP contribution in [0.5, 0.6) is 0 Å². The molecule has 1 aromatic carbocycles. The summed E-state index contributed by atoms with van der Waals surface area (Å²) in [5.41, 5.74) is 2.35. The first-order chi connectivity index (χ1) is 12.5. The number of carbonyl (C=O) groups excluding carboxylic acids is 1. The first-order valence-corrected chi connectivity index (χ1v) is 10.1. The zero-order valence-corrected chi connectivity index (χ0v) is 15.6. The molecule has 1 aromatic rings. The van der Waals surface area contributed by atoms with Crippen LogP contribution in [-0.2, 0) is 10.2 Å². The molecule has 3 fully saturated rings. The predicted molar refractivity (Wildman–Crippen MR) is 101 cm³/mol. The van der Waals surface area contributed by atoms with Crippen LogP contribution in [0.1, 0.15) is 44.6 Å². The van der Waals surface area contributed by atoms with Gasteiger partial charge in [-0.05, 0) is 57.2 Å². The second-order valence-corrected chi connectivity index (χ2v) is 9.07. The second-order valence-electron chi connectivity index (χ2n) is 9.07. The van der Waals surface area contributed by atoms with Crippen LogP contribution in [0.25, 0.3) is 0 Å². The van der Waals surface area contributed by atoms with Gasteiger partial charge in [-0.1, -0.05) is 18.2 Å². The average molecular weight is 355 g/mol. The van der Waals surface area contributed by atoms with Crippen LogP contribution in [0.4, 0.5) is 5.69 Å². The summed E-state index contributed by atoms with van der Waals surface area (Å²) in [5.74, 6) is 0.210. The summed E-state index contributed by atoms with van der Waals surface area (Å²) < 4.78 is 0. The number of benzene rings is 1. The fourth-order valence-electron chi connectivity index (χ4n) is 5.95. The number of fused-ring (bicyclic) bond motifs is 2. The van der Waals surface area contributed by atoms with Crippen molar-refractivity contribution >= 4 is 11.6 Å². The highest BCUT2D eigenvalue weighted by Crippen LogP contribution is 2.49. The van der Waals surface area contributed by atoms with E-state index in [2.05, 4.69) is 27.2 Å². The van der Waals surface area contributed by atoms with Gasteiger partial charge in [0.1, 0.15) is 6.23 Å². The molecule has 2 spiro atoms. The van der Waals surface area contributed by atoms with Crippen LogP contribution in [-0.4, -0.2) is 59.3 Å². The minimum absolute atomic E-state index is 0.210. The lowest BCUT2D eigenvalue weighted by molar-refractivity contribution is -0.122. The molecule has 3 aliphatic heterocycles. The Balaban J connectivity index is 1.24. The number of anilines is 1. The standard InChI is InChI=1S/C21H29N3O2/c1-15(25)24-13-20(14-24)10-11-23(12-20)16-6-8-21(9-7-16)17-4-2-3-5-18(17)22-19(21)26/h2-5,15-16,25H,6-14H2,1H3,(H,22,26). The fourth-order valence-corrected chi connectivity index (χ4v) is 5.95. The van der Waals surface area contributed by atoms with Crippen molar-refractivity contribution < 1.29 is 9.90 Å². The van der Waals surface area contributed by atoms with Crippen LogP contribution in [0, 0.1) is 5.41 Å². The molecule has 1 aliphatic carbocycles. The summed E-state index contributed by atoms with van der Waals surface area (Å²) in [5, 5.41) is 12.8. The van der Waals surface area contributed by atoms with E-state index in [1.807, 2.05) is 19.1 Å². The number of hydrogen-bond acceptors (Lipinski definition) is 4. The lowest BCUT2D eigenvalue weighted by atomic mass is 9.68. The van der Waals surface area contributed by atoms with Gasteiger partial charge in [0, 0.05) is 36.8 Å².